The van der Waals surface area contributed by atoms with Crippen LogP contribution in [-0.2, 0) is 0 Å². The van der Waals surface area contributed by atoms with Crippen LogP contribution in [0.1, 0.15) is 5.56 Å². The third-order valence-corrected chi connectivity index (χ3v) is 1.66. The summed E-state index contributed by atoms with van der Waals surface area (Å²) < 4.78 is 0.812. The predicted molar refractivity (Wildman–Crippen MR) is 53.9 cm³/mol. The van der Waals surface area contributed by atoms with Crippen LogP contribution in [0.4, 0.5) is 0 Å². The van der Waals surface area contributed by atoms with Crippen molar-refractivity contribution in [3.63, 3.8) is 0 Å². The first kappa shape index (κ1) is 8.81. The van der Waals surface area contributed by atoms with Crippen LogP contribution in [0.25, 0.3) is 6.08 Å². The molecule has 0 aliphatic heterocycles. The highest BCUT2D eigenvalue weighted by Gasteiger charge is 1.94. The molecule has 0 spiro atoms. The van der Waals surface area contributed by atoms with E-state index in [1.54, 1.807) is 18.2 Å². The van der Waals surface area contributed by atoms with Gasteiger partial charge in [-0.05, 0) is 44.0 Å². The van der Waals surface area contributed by atoms with Gasteiger partial charge in [0.15, 0.2) is 0 Å². The van der Waals surface area contributed by atoms with Gasteiger partial charge in [-0.2, -0.15) is 0 Å². The molecule has 0 bridgehead atoms. The number of aromatic hydroxyl groups is 1. The molecule has 1 rings (SSSR count). The number of hydrogen-bond donors (Lipinski definition) is 1. The highest BCUT2D eigenvalue weighted by atomic mass is 79.9. The first-order valence-electron chi connectivity index (χ1n) is 3.01. The summed E-state index contributed by atoms with van der Waals surface area (Å²) in [5.74, 6) is 0.281. The fourth-order valence-electron chi connectivity index (χ4n) is 0.727. The molecular formula is C8H6Br2O. The molecule has 0 radical (unpaired) electrons. The zero-order chi connectivity index (χ0) is 8.27. The minimum absolute atomic E-state index is 0.281. The van der Waals surface area contributed by atoms with Crippen molar-refractivity contribution in [3.8, 4) is 5.75 Å². The number of halogens is 2. The van der Waals surface area contributed by atoms with E-state index in [0.29, 0.717) is 0 Å². The summed E-state index contributed by atoms with van der Waals surface area (Å²) in [7, 11) is 0. The van der Waals surface area contributed by atoms with E-state index in [1.807, 2.05) is 12.1 Å². The minimum Gasteiger partial charge on any atom is -0.507 e. The first-order chi connectivity index (χ1) is 5.20. The van der Waals surface area contributed by atoms with E-state index in [0.717, 1.165) is 8.96 Å². The summed E-state index contributed by atoms with van der Waals surface area (Å²) >= 11 is 6.42. The van der Waals surface area contributed by atoms with Crippen molar-refractivity contribution in [2.75, 3.05) is 0 Å². The van der Waals surface area contributed by atoms with Crippen LogP contribution in [0.5, 0.6) is 5.75 Å². The molecule has 58 valence electrons. The molecule has 1 aromatic carbocycles. The highest BCUT2D eigenvalue weighted by molar-refractivity contribution is 9.28. The van der Waals surface area contributed by atoms with E-state index < -0.39 is 0 Å². The van der Waals surface area contributed by atoms with Crippen LogP contribution in [0, 0.1) is 0 Å². The highest BCUT2D eigenvalue weighted by Crippen LogP contribution is 2.23. The maximum Gasteiger partial charge on any atom is 0.122 e. The Hall–Kier alpha value is -0.280. The predicted octanol–water partition coefficient (Wildman–Crippen LogP) is 3.48. The van der Waals surface area contributed by atoms with E-state index in [2.05, 4.69) is 31.9 Å². The Kier molecular flexibility index (Phi) is 3.15. The van der Waals surface area contributed by atoms with Gasteiger partial charge < -0.3 is 5.11 Å². The van der Waals surface area contributed by atoms with E-state index in [4.69, 9.17) is 0 Å². The Morgan fingerprint density at radius 1 is 1.27 bits per heavy atom. The van der Waals surface area contributed by atoms with Crippen molar-refractivity contribution in [2.45, 2.75) is 0 Å². The molecule has 3 heteroatoms. The lowest BCUT2D eigenvalue weighted by Crippen LogP contribution is -1.71. The number of phenols is 1. The number of rotatable bonds is 1. The molecule has 0 aromatic heterocycles. The molecule has 1 aromatic rings. The van der Waals surface area contributed by atoms with Gasteiger partial charge in [0.2, 0.25) is 0 Å². The summed E-state index contributed by atoms with van der Waals surface area (Å²) in [5, 5.41) is 9.27. The Labute approximate surface area is 82.0 Å². The molecule has 0 aliphatic rings. The topological polar surface area (TPSA) is 20.2 Å². The molecule has 0 fully saturated rings. The standard InChI is InChI=1S/C8H6Br2O/c9-8(10)5-6-3-1-2-4-7(6)11/h1-5,11H. The molecule has 1 nitrogen and oxygen atoms in total. The fourth-order valence-corrected chi connectivity index (χ4v) is 1.22. The third kappa shape index (κ3) is 2.67. The van der Waals surface area contributed by atoms with Crippen LogP contribution >= 0.6 is 31.9 Å². The molecule has 1 N–H and O–H groups in total. The summed E-state index contributed by atoms with van der Waals surface area (Å²) in [6.07, 6.45) is 1.79. The van der Waals surface area contributed by atoms with Gasteiger partial charge in [0.1, 0.15) is 5.75 Å². The van der Waals surface area contributed by atoms with Crippen molar-refractivity contribution >= 4 is 37.9 Å². The summed E-state index contributed by atoms with van der Waals surface area (Å²) in [6, 6.07) is 7.13. The molecular weight excluding hydrogens is 272 g/mol. The van der Waals surface area contributed by atoms with Gasteiger partial charge in [0, 0.05) is 5.56 Å². The van der Waals surface area contributed by atoms with Crippen molar-refractivity contribution in [1.29, 1.82) is 0 Å². The van der Waals surface area contributed by atoms with E-state index >= 15 is 0 Å². The Morgan fingerprint density at radius 2 is 1.91 bits per heavy atom. The normalized spacial score (nSPS) is 9.27. The zero-order valence-electron chi connectivity index (χ0n) is 5.59. The quantitative estimate of drug-likeness (QED) is 0.833. The molecule has 0 saturated carbocycles. The number of para-hydroxylation sites is 1. The monoisotopic (exact) mass is 276 g/mol. The van der Waals surface area contributed by atoms with Gasteiger partial charge in [-0.15, -0.1) is 0 Å². The lowest BCUT2D eigenvalue weighted by Gasteiger charge is -1.96. The Balaban J connectivity index is 3.04. The van der Waals surface area contributed by atoms with Crippen molar-refractivity contribution < 1.29 is 5.11 Å². The SMILES string of the molecule is Oc1ccccc1C=C(Br)Br. The lowest BCUT2D eigenvalue weighted by atomic mass is 10.2. The molecule has 0 atom stereocenters. The number of hydrogen-bond acceptors (Lipinski definition) is 1. The number of benzene rings is 1. The largest absolute Gasteiger partial charge is 0.507 e. The first-order valence-corrected chi connectivity index (χ1v) is 4.59. The summed E-state index contributed by atoms with van der Waals surface area (Å²) in [6.45, 7) is 0. The Bertz CT molecular complexity index is 277. The van der Waals surface area contributed by atoms with Gasteiger partial charge in [0.05, 0.1) is 3.39 Å². The van der Waals surface area contributed by atoms with E-state index in [1.165, 1.54) is 0 Å². The number of phenolic OH excluding ortho intramolecular Hbond substituents is 1. The van der Waals surface area contributed by atoms with Crippen LogP contribution < -0.4 is 0 Å². The molecule has 0 heterocycles. The van der Waals surface area contributed by atoms with Gasteiger partial charge in [0.25, 0.3) is 0 Å². The second kappa shape index (κ2) is 3.93. The van der Waals surface area contributed by atoms with Crippen molar-refractivity contribution in [3.05, 3.63) is 33.2 Å². The molecule has 0 amide bonds. The summed E-state index contributed by atoms with van der Waals surface area (Å²) in [5.41, 5.74) is 0.788. The molecule has 0 saturated heterocycles. The van der Waals surface area contributed by atoms with Crippen molar-refractivity contribution in [2.24, 2.45) is 0 Å². The van der Waals surface area contributed by atoms with E-state index in [-0.39, 0.29) is 5.75 Å². The zero-order valence-corrected chi connectivity index (χ0v) is 8.76. The smallest absolute Gasteiger partial charge is 0.122 e. The van der Waals surface area contributed by atoms with Crippen LogP contribution in [0.15, 0.2) is 27.7 Å². The molecule has 11 heavy (non-hydrogen) atoms. The van der Waals surface area contributed by atoms with Crippen LogP contribution in [0.2, 0.25) is 0 Å². The van der Waals surface area contributed by atoms with Gasteiger partial charge >= 0.3 is 0 Å². The lowest BCUT2D eigenvalue weighted by molar-refractivity contribution is 0.474. The third-order valence-electron chi connectivity index (χ3n) is 1.20. The maximum absolute atomic E-state index is 9.27. The average Bonchev–Trinajstić information content (AvgIpc) is 1.93. The average molecular weight is 278 g/mol. The van der Waals surface area contributed by atoms with Crippen LogP contribution in [0.3, 0.4) is 0 Å². The molecule has 0 unspecified atom stereocenters. The van der Waals surface area contributed by atoms with Gasteiger partial charge in [-0.3, -0.25) is 0 Å². The molecule has 0 aliphatic carbocycles. The Morgan fingerprint density at radius 3 is 2.45 bits per heavy atom. The second-order valence-corrected chi connectivity index (χ2v) is 4.77. The minimum atomic E-state index is 0.281. The van der Waals surface area contributed by atoms with Gasteiger partial charge in [-0.25, -0.2) is 0 Å². The second-order valence-electron chi connectivity index (χ2n) is 1.99. The maximum atomic E-state index is 9.27. The van der Waals surface area contributed by atoms with Crippen LogP contribution in [-0.4, -0.2) is 5.11 Å². The summed E-state index contributed by atoms with van der Waals surface area (Å²) in [4.78, 5) is 0. The van der Waals surface area contributed by atoms with Crippen molar-refractivity contribution in [1.82, 2.24) is 0 Å². The van der Waals surface area contributed by atoms with E-state index in [9.17, 15) is 5.11 Å². The fraction of sp³-hybridized carbons (Fsp3) is 0. The van der Waals surface area contributed by atoms with Gasteiger partial charge in [-0.1, -0.05) is 18.2 Å².